The van der Waals surface area contributed by atoms with E-state index in [4.69, 9.17) is 14.2 Å². The van der Waals surface area contributed by atoms with Gasteiger partial charge < -0.3 is 29.0 Å². The van der Waals surface area contributed by atoms with E-state index in [0.717, 1.165) is 0 Å². The number of amides is 2. The summed E-state index contributed by atoms with van der Waals surface area (Å²) < 4.78 is 43.8. The summed E-state index contributed by atoms with van der Waals surface area (Å²) in [6.45, 7) is 2.07. The second-order valence-corrected chi connectivity index (χ2v) is 9.96. The molecule has 2 aliphatic heterocycles. The topological polar surface area (TPSA) is 116 Å². The molecule has 0 atom stereocenters. The van der Waals surface area contributed by atoms with Gasteiger partial charge in [0.1, 0.15) is 12.3 Å². The minimum Gasteiger partial charge on any atom is -0.454 e. The van der Waals surface area contributed by atoms with Crippen LogP contribution in [0.4, 0.5) is 5.69 Å². The Morgan fingerprint density at radius 2 is 1.76 bits per heavy atom. The minimum absolute atomic E-state index is 0.000569. The van der Waals surface area contributed by atoms with Gasteiger partial charge >= 0.3 is 0 Å². The Labute approximate surface area is 195 Å². The fourth-order valence-corrected chi connectivity index (χ4v) is 5.44. The highest BCUT2D eigenvalue weighted by molar-refractivity contribution is 7.92. The number of anilines is 1. The highest BCUT2D eigenvalue weighted by Gasteiger charge is 2.26. The molecule has 2 aromatic carbocycles. The number of carbonyl (C=O) groups excluding carboxylic acids is 2. The van der Waals surface area contributed by atoms with Gasteiger partial charge in [-0.3, -0.25) is 9.59 Å². The second-order valence-electron chi connectivity index (χ2n) is 8.01. The van der Waals surface area contributed by atoms with Crippen LogP contribution in [-0.2, 0) is 30.7 Å². The van der Waals surface area contributed by atoms with Crippen molar-refractivity contribution < 1.29 is 32.2 Å². The average molecular weight is 486 g/mol. The number of fused-ring (bicyclic) bond motifs is 2. The third-order valence-corrected chi connectivity index (χ3v) is 7.37. The monoisotopic (exact) mass is 485 g/mol. The van der Waals surface area contributed by atoms with Gasteiger partial charge in [-0.1, -0.05) is 18.2 Å². The molecule has 1 N–H and O–H groups in total. The average Bonchev–Trinajstić information content (AvgIpc) is 3.44. The van der Waals surface area contributed by atoms with Crippen molar-refractivity contribution in [2.75, 3.05) is 44.2 Å². The molecule has 0 saturated carbocycles. The third-order valence-electron chi connectivity index (χ3n) is 5.73. The maximum atomic E-state index is 13.2. The van der Waals surface area contributed by atoms with Crippen LogP contribution in [0.25, 0.3) is 10.9 Å². The van der Waals surface area contributed by atoms with E-state index in [-0.39, 0.29) is 24.1 Å². The maximum absolute atomic E-state index is 13.2. The van der Waals surface area contributed by atoms with Crippen LogP contribution in [0.15, 0.2) is 53.6 Å². The molecule has 0 spiro atoms. The van der Waals surface area contributed by atoms with Crippen molar-refractivity contribution in [3.8, 4) is 11.5 Å². The molecule has 178 valence electrons. The molecule has 2 aliphatic rings. The Balaban J connectivity index is 1.36. The lowest BCUT2D eigenvalue weighted by Crippen LogP contribution is -2.42. The Kier molecular flexibility index (Phi) is 5.88. The van der Waals surface area contributed by atoms with Crippen molar-refractivity contribution >= 4 is 38.2 Å². The Bertz CT molecular complexity index is 1360. The molecule has 1 saturated heterocycles. The Hall–Kier alpha value is -3.57. The lowest BCUT2D eigenvalue weighted by molar-refractivity contribution is -0.135. The van der Waals surface area contributed by atoms with Crippen molar-refractivity contribution in [2.24, 2.45) is 0 Å². The Morgan fingerprint density at radius 1 is 1.00 bits per heavy atom. The molecule has 0 radical (unpaired) electrons. The third kappa shape index (κ3) is 4.44. The molecule has 11 heteroatoms. The highest BCUT2D eigenvalue weighted by Crippen LogP contribution is 2.34. The summed E-state index contributed by atoms with van der Waals surface area (Å²) in [4.78, 5) is 27.0. The molecular weight excluding hydrogens is 462 g/mol. The van der Waals surface area contributed by atoms with Crippen molar-refractivity contribution in [1.82, 2.24) is 9.47 Å². The SMILES string of the molecule is O=C(CS(=O)(=O)c1cn(CC(=O)N2CCOCC2)c2ccccc12)Nc1ccc2c(c1)OCO2. The molecule has 1 aromatic heterocycles. The number of nitrogens with one attached hydrogen (secondary N) is 1. The van der Waals surface area contributed by atoms with Gasteiger partial charge in [-0.2, -0.15) is 0 Å². The van der Waals surface area contributed by atoms with Crippen LogP contribution < -0.4 is 14.8 Å². The van der Waals surface area contributed by atoms with Gasteiger partial charge in [-0.25, -0.2) is 8.42 Å². The summed E-state index contributed by atoms with van der Waals surface area (Å²) in [7, 11) is -3.99. The van der Waals surface area contributed by atoms with Crippen LogP contribution in [0.1, 0.15) is 0 Å². The van der Waals surface area contributed by atoms with E-state index in [1.807, 2.05) is 0 Å². The largest absolute Gasteiger partial charge is 0.454 e. The van der Waals surface area contributed by atoms with Gasteiger partial charge in [0.2, 0.25) is 18.6 Å². The molecule has 3 aromatic rings. The van der Waals surface area contributed by atoms with Crippen molar-refractivity contribution in [1.29, 1.82) is 0 Å². The standard InChI is InChI=1S/C23H23N3O7S/c27-22(24-16-5-6-19-20(11-16)33-15-32-19)14-34(29,30)21-12-26(18-4-2-1-3-17(18)21)13-23(28)25-7-9-31-10-8-25/h1-6,11-12H,7-10,13-15H2,(H,24,27). The zero-order valence-electron chi connectivity index (χ0n) is 18.2. The predicted molar refractivity (Wildman–Crippen MR) is 123 cm³/mol. The normalized spacial score (nSPS) is 15.5. The van der Waals surface area contributed by atoms with Crippen LogP contribution in [0.3, 0.4) is 0 Å². The number of hydrogen-bond acceptors (Lipinski definition) is 7. The number of rotatable bonds is 6. The molecular formula is C23H23N3O7S. The molecule has 0 aliphatic carbocycles. The first-order valence-electron chi connectivity index (χ1n) is 10.8. The molecule has 1 fully saturated rings. The van der Waals surface area contributed by atoms with Crippen molar-refractivity contribution in [3.63, 3.8) is 0 Å². The van der Waals surface area contributed by atoms with Gasteiger partial charge in [0.05, 0.1) is 18.1 Å². The first-order valence-corrected chi connectivity index (χ1v) is 12.4. The number of hydrogen-bond donors (Lipinski definition) is 1. The van der Waals surface area contributed by atoms with E-state index < -0.39 is 21.5 Å². The first kappa shape index (κ1) is 22.2. The lowest BCUT2D eigenvalue weighted by atomic mass is 10.2. The van der Waals surface area contributed by atoms with Crippen LogP contribution in [-0.4, -0.2) is 68.5 Å². The number of sulfone groups is 1. The number of nitrogens with zero attached hydrogens (tertiary/aromatic N) is 2. The first-order chi connectivity index (χ1) is 16.4. The molecule has 0 unspecified atom stereocenters. The van der Waals surface area contributed by atoms with E-state index in [0.29, 0.717) is 54.4 Å². The van der Waals surface area contributed by atoms with Crippen LogP contribution >= 0.6 is 0 Å². The second kappa shape index (κ2) is 8.99. The number of para-hydroxylation sites is 1. The number of benzene rings is 2. The van der Waals surface area contributed by atoms with E-state index in [9.17, 15) is 18.0 Å². The van der Waals surface area contributed by atoms with Crippen molar-refractivity contribution in [2.45, 2.75) is 11.4 Å². The number of carbonyl (C=O) groups is 2. The van der Waals surface area contributed by atoms with Gasteiger partial charge in [-0.05, 0) is 18.2 Å². The quantitative estimate of drug-likeness (QED) is 0.564. The van der Waals surface area contributed by atoms with Gasteiger partial charge in [0.15, 0.2) is 21.3 Å². The van der Waals surface area contributed by atoms with Gasteiger partial charge in [0.25, 0.3) is 0 Å². The van der Waals surface area contributed by atoms with Crippen LogP contribution in [0.2, 0.25) is 0 Å². The fourth-order valence-electron chi connectivity index (χ4n) is 4.07. The summed E-state index contributed by atoms with van der Waals surface area (Å²) in [6.07, 6.45) is 1.44. The van der Waals surface area contributed by atoms with Crippen LogP contribution in [0.5, 0.6) is 11.5 Å². The van der Waals surface area contributed by atoms with E-state index in [2.05, 4.69) is 5.32 Å². The van der Waals surface area contributed by atoms with Gasteiger partial charge in [-0.15, -0.1) is 0 Å². The highest BCUT2D eigenvalue weighted by atomic mass is 32.2. The molecule has 3 heterocycles. The van der Waals surface area contributed by atoms with E-state index in [1.54, 1.807) is 51.9 Å². The Morgan fingerprint density at radius 3 is 2.59 bits per heavy atom. The zero-order chi connectivity index (χ0) is 23.7. The molecule has 2 amide bonds. The number of ether oxygens (including phenoxy) is 3. The van der Waals surface area contributed by atoms with Gasteiger partial charge in [0, 0.05) is 41.9 Å². The zero-order valence-corrected chi connectivity index (χ0v) is 19.0. The maximum Gasteiger partial charge on any atom is 0.242 e. The smallest absolute Gasteiger partial charge is 0.242 e. The molecule has 34 heavy (non-hydrogen) atoms. The van der Waals surface area contributed by atoms with Crippen molar-refractivity contribution in [3.05, 3.63) is 48.7 Å². The summed E-state index contributed by atoms with van der Waals surface area (Å²) in [6, 6.07) is 11.8. The van der Waals surface area contributed by atoms with Crippen LogP contribution in [0, 0.1) is 0 Å². The number of morpholine rings is 1. The van der Waals surface area contributed by atoms with E-state index >= 15 is 0 Å². The minimum atomic E-state index is -3.99. The summed E-state index contributed by atoms with van der Waals surface area (Å²) in [5.74, 6) is -0.500. The molecule has 5 rings (SSSR count). The number of aromatic nitrogens is 1. The molecule has 0 bridgehead atoms. The lowest BCUT2D eigenvalue weighted by Gasteiger charge is -2.27. The fraction of sp³-hybridized carbons (Fsp3) is 0.304. The van der Waals surface area contributed by atoms with E-state index in [1.165, 1.54) is 6.20 Å². The predicted octanol–water partition coefficient (Wildman–Crippen LogP) is 1.64. The summed E-state index contributed by atoms with van der Waals surface area (Å²) in [5, 5.41) is 3.06. The summed E-state index contributed by atoms with van der Waals surface area (Å²) in [5.41, 5.74) is 1.02. The molecule has 10 nitrogen and oxygen atoms in total. The summed E-state index contributed by atoms with van der Waals surface area (Å²) >= 11 is 0.